The lowest BCUT2D eigenvalue weighted by molar-refractivity contribution is -0.130. The van der Waals surface area contributed by atoms with Crippen LogP contribution in [-0.2, 0) is 11.3 Å². The van der Waals surface area contributed by atoms with Crippen LogP contribution in [0.5, 0.6) is 17.4 Å². The molecule has 3 aromatic rings. The molecular formula is C24H24N4O6. The van der Waals surface area contributed by atoms with E-state index in [9.17, 15) is 19.5 Å². The SMILES string of the molecule is COc1ccc([C@H]2CC(c3c(O)n(Cc4ccccc4)c(=O)[nH]c3=O)=NN2C(C)=O)cc1OC. The highest BCUT2D eigenvalue weighted by Crippen LogP contribution is 2.37. The van der Waals surface area contributed by atoms with Gasteiger partial charge in [-0.25, -0.2) is 9.80 Å². The molecule has 34 heavy (non-hydrogen) atoms. The average Bonchev–Trinajstić information content (AvgIpc) is 3.27. The first-order valence-corrected chi connectivity index (χ1v) is 10.5. The maximum absolute atomic E-state index is 12.7. The van der Waals surface area contributed by atoms with E-state index in [1.807, 2.05) is 18.2 Å². The van der Waals surface area contributed by atoms with Crippen LogP contribution in [0, 0.1) is 0 Å². The summed E-state index contributed by atoms with van der Waals surface area (Å²) in [5.41, 5.74) is -0.00385. The lowest BCUT2D eigenvalue weighted by Gasteiger charge is -2.21. The van der Waals surface area contributed by atoms with Crippen LogP contribution in [-0.4, -0.2) is 45.5 Å². The second-order valence-electron chi connectivity index (χ2n) is 7.77. The lowest BCUT2D eigenvalue weighted by atomic mass is 9.98. The maximum atomic E-state index is 12.7. The third-order valence-electron chi connectivity index (χ3n) is 5.67. The quantitative estimate of drug-likeness (QED) is 0.575. The van der Waals surface area contributed by atoms with E-state index >= 15 is 0 Å². The number of methoxy groups -OCH3 is 2. The summed E-state index contributed by atoms with van der Waals surface area (Å²) in [6.07, 6.45) is 0.148. The van der Waals surface area contributed by atoms with E-state index in [1.54, 1.807) is 30.3 Å². The smallest absolute Gasteiger partial charge is 0.331 e. The van der Waals surface area contributed by atoms with Gasteiger partial charge in [0.1, 0.15) is 5.56 Å². The van der Waals surface area contributed by atoms with E-state index in [0.717, 1.165) is 10.1 Å². The third kappa shape index (κ3) is 4.17. The first-order chi connectivity index (χ1) is 16.3. The number of H-pyrrole nitrogens is 1. The van der Waals surface area contributed by atoms with Gasteiger partial charge in [-0.2, -0.15) is 5.10 Å². The van der Waals surface area contributed by atoms with Gasteiger partial charge in [-0.15, -0.1) is 0 Å². The summed E-state index contributed by atoms with van der Waals surface area (Å²) in [4.78, 5) is 39.8. The van der Waals surface area contributed by atoms with Crippen molar-refractivity contribution in [2.24, 2.45) is 5.10 Å². The highest BCUT2D eigenvalue weighted by molar-refractivity contribution is 6.04. The van der Waals surface area contributed by atoms with Gasteiger partial charge in [-0.1, -0.05) is 36.4 Å². The summed E-state index contributed by atoms with van der Waals surface area (Å²) >= 11 is 0. The Bertz CT molecular complexity index is 1380. The highest BCUT2D eigenvalue weighted by Gasteiger charge is 2.35. The van der Waals surface area contributed by atoms with Crippen LogP contribution in [0.25, 0.3) is 0 Å². The topological polar surface area (TPSA) is 126 Å². The molecule has 1 amide bonds. The fraction of sp³-hybridized carbons (Fsp3) is 0.250. The van der Waals surface area contributed by atoms with Crippen LogP contribution in [0.1, 0.15) is 36.1 Å². The summed E-state index contributed by atoms with van der Waals surface area (Å²) < 4.78 is 11.7. The van der Waals surface area contributed by atoms with E-state index in [-0.39, 0.29) is 30.1 Å². The Labute approximate surface area is 194 Å². The van der Waals surface area contributed by atoms with E-state index in [2.05, 4.69) is 10.1 Å². The minimum Gasteiger partial charge on any atom is -0.494 e. The predicted molar refractivity (Wildman–Crippen MR) is 124 cm³/mol. The zero-order valence-electron chi connectivity index (χ0n) is 18.9. The number of amides is 1. The van der Waals surface area contributed by atoms with Crippen molar-refractivity contribution < 1.29 is 19.4 Å². The molecule has 0 radical (unpaired) electrons. The van der Waals surface area contributed by atoms with Crippen molar-refractivity contribution in [1.29, 1.82) is 0 Å². The number of hydrazone groups is 1. The number of carbonyl (C=O) groups is 1. The van der Waals surface area contributed by atoms with Crippen LogP contribution in [0.4, 0.5) is 0 Å². The molecule has 2 N–H and O–H groups in total. The number of hydrogen-bond donors (Lipinski definition) is 2. The molecule has 0 saturated carbocycles. The van der Waals surface area contributed by atoms with Gasteiger partial charge >= 0.3 is 5.69 Å². The van der Waals surface area contributed by atoms with Crippen molar-refractivity contribution >= 4 is 11.6 Å². The standard InChI is InChI=1S/C24H24N4O6/c1-14(29)28-18(16-9-10-19(33-2)20(11-16)34-3)12-17(26-28)21-22(30)25-24(32)27(23(21)31)13-15-7-5-4-6-8-15/h4-11,18,31H,12-13H2,1-3H3,(H,25,30,32)/t18-/m1/s1. The van der Waals surface area contributed by atoms with E-state index in [4.69, 9.17) is 9.47 Å². The fourth-order valence-corrected chi connectivity index (χ4v) is 4.00. The average molecular weight is 464 g/mol. The van der Waals surface area contributed by atoms with Crippen molar-refractivity contribution in [3.63, 3.8) is 0 Å². The molecule has 176 valence electrons. The van der Waals surface area contributed by atoms with Crippen molar-refractivity contribution in [3.8, 4) is 17.4 Å². The molecule has 1 aromatic heterocycles. The minimum absolute atomic E-state index is 0.0537. The first kappa shape index (κ1) is 22.8. The van der Waals surface area contributed by atoms with E-state index in [0.29, 0.717) is 17.1 Å². The molecule has 10 heteroatoms. The largest absolute Gasteiger partial charge is 0.494 e. The number of aromatic nitrogens is 2. The van der Waals surface area contributed by atoms with E-state index in [1.165, 1.54) is 26.2 Å². The first-order valence-electron chi connectivity index (χ1n) is 10.5. The number of benzene rings is 2. The molecule has 0 aliphatic carbocycles. The van der Waals surface area contributed by atoms with Crippen molar-refractivity contribution in [2.45, 2.75) is 25.9 Å². The molecule has 2 aromatic carbocycles. The highest BCUT2D eigenvalue weighted by atomic mass is 16.5. The third-order valence-corrected chi connectivity index (χ3v) is 5.67. The number of carbonyl (C=O) groups excluding carboxylic acids is 1. The zero-order valence-corrected chi connectivity index (χ0v) is 18.9. The second-order valence-corrected chi connectivity index (χ2v) is 7.77. The molecule has 1 aliphatic heterocycles. The zero-order chi connectivity index (χ0) is 24.4. The Morgan fingerprint density at radius 3 is 2.47 bits per heavy atom. The molecule has 0 spiro atoms. The summed E-state index contributed by atoms with van der Waals surface area (Å²) in [6.45, 7) is 1.42. The molecule has 1 atom stereocenters. The Morgan fingerprint density at radius 2 is 1.82 bits per heavy atom. The number of aromatic hydroxyl groups is 1. The number of ether oxygens (including phenoxy) is 2. The van der Waals surface area contributed by atoms with Gasteiger partial charge < -0.3 is 14.6 Å². The molecule has 0 unspecified atom stereocenters. The van der Waals surface area contributed by atoms with Gasteiger partial charge in [0.05, 0.1) is 32.5 Å². The predicted octanol–water partition coefficient (Wildman–Crippen LogP) is 2.01. The van der Waals surface area contributed by atoms with Gasteiger partial charge in [0.15, 0.2) is 11.5 Å². The summed E-state index contributed by atoms with van der Waals surface area (Å²) in [6, 6.07) is 13.7. The second kappa shape index (κ2) is 9.26. The summed E-state index contributed by atoms with van der Waals surface area (Å²) in [5.74, 6) is 0.159. The normalized spacial score (nSPS) is 15.2. The van der Waals surface area contributed by atoms with Crippen molar-refractivity contribution in [1.82, 2.24) is 14.6 Å². The fourth-order valence-electron chi connectivity index (χ4n) is 4.00. The number of hydrogen-bond acceptors (Lipinski definition) is 7. The monoisotopic (exact) mass is 464 g/mol. The Hall–Kier alpha value is -4.34. The van der Waals surface area contributed by atoms with Gasteiger partial charge in [0, 0.05) is 13.3 Å². The molecular weight excluding hydrogens is 440 g/mol. The van der Waals surface area contributed by atoms with E-state index < -0.39 is 23.2 Å². The molecule has 2 heterocycles. The maximum Gasteiger partial charge on any atom is 0.331 e. The number of aromatic amines is 1. The summed E-state index contributed by atoms with van der Waals surface area (Å²) in [7, 11) is 3.03. The molecule has 0 fully saturated rings. The van der Waals surface area contributed by atoms with Crippen LogP contribution in [0.15, 0.2) is 63.2 Å². The molecule has 0 saturated heterocycles. The van der Waals surface area contributed by atoms with Crippen LogP contribution in [0.2, 0.25) is 0 Å². The number of nitrogens with one attached hydrogen (secondary N) is 1. The van der Waals surface area contributed by atoms with Gasteiger partial charge in [-0.3, -0.25) is 19.1 Å². The lowest BCUT2D eigenvalue weighted by Crippen LogP contribution is -2.34. The molecule has 4 rings (SSSR count). The molecule has 10 nitrogen and oxygen atoms in total. The number of rotatable bonds is 6. The van der Waals surface area contributed by atoms with Gasteiger partial charge in [0.25, 0.3) is 5.56 Å². The Balaban J connectivity index is 1.76. The van der Waals surface area contributed by atoms with Gasteiger partial charge in [0.2, 0.25) is 11.8 Å². The molecule has 0 bridgehead atoms. The van der Waals surface area contributed by atoms with Crippen LogP contribution < -0.4 is 20.7 Å². The Morgan fingerprint density at radius 1 is 1.12 bits per heavy atom. The summed E-state index contributed by atoms with van der Waals surface area (Å²) in [5, 5.41) is 16.5. The van der Waals surface area contributed by atoms with Crippen molar-refractivity contribution in [2.75, 3.05) is 14.2 Å². The molecule has 1 aliphatic rings. The number of nitrogens with zero attached hydrogens (tertiary/aromatic N) is 3. The minimum atomic E-state index is -0.776. The Kier molecular flexibility index (Phi) is 6.22. The van der Waals surface area contributed by atoms with Crippen LogP contribution in [0.3, 0.4) is 0 Å². The van der Waals surface area contributed by atoms with Crippen molar-refractivity contribution in [3.05, 3.63) is 86.1 Å². The van der Waals surface area contributed by atoms with Crippen LogP contribution >= 0.6 is 0 Å². The van der Waals surface area contributed by atoms with Gasteiger partial charge in [-0.05, 0) is 23.3 Å².